The van der Waals surface area contributed by atoms with Crippen molar-refractivity contribution in [3.63, 3.8) is 0 Å². The number of benzene rings is 1. The van der Waals surface area contributed by atoms with E-state index in [1.54, 1.807) is 6.92 Å². The van der Waals surface area contributed by atoms with Gasteiger partial charge < -0.3 is 15.2 Å². The van der Waals surface area contributed by atoms with E-state index in [0.29, 0.717) is 11.1 Å². The summed E-state index contributed by atoms with van der Waals surface area (Å²) in [5.41, 5.74) is 6.69. The first kappa shape index (κ1) is 14.5. The Bertz CT molecular complexity index is 560. The molecule has 6 heteroatoms. The standard InChI is InChI=1S/C14H15F2NO3/c1-3-19-14(18)12(17)10-7(2)6-20-13-8(10)4-5-9(15)11(13)16/h4-5,10,12H,2-3,6,17H2,1H3/t10?,12-/m0/s1. The Morgan fingerprint density at radius 2 is 2.30 bits per heavy atom. The largest absolute Gasteiger partial charge is 0.486 e. The molecule has 4 nitrogen and oxygen atoms in total. The molecule has 0 fully saturated rings. The number of fused-ring (bicyclic) bond motifs is 1. The third kappa shape index (κ3) is 2.38. The summed E-state index contributed by atoms with van der Waals surface area (Å²) in [5, 5.41) is 0. The van der Waals surface area contributed by atoms with E-state index in [1.165, 1.54) is 6.07 Å². The van der Waals surface area contributed by atoms with Crippen LogP contribution in [0.4, 0.5) is 8.78 Å². The maximum absolute atomic E-state index is 13.7. The molecule has 1 unspecified atom stereocenters. The summed E-state index contributed by atoms with van der Waals surface area (Å²) in [4.78, 5) is 11.8. The molecule has 0 spiro atoms. The Kier molecular flexibility index (Phi) is 4.04. The van der Waals surface area contributed by atoms with Crippen molar-refractivity contribution in [1.29, 1.82) is 0 Å². The smallest absolute Gasteiger partial charge is 0.323 e. The van der Waals surface area contributed by atoms with Crippen molar-refractivity contribution >= 4 is 5.97 Å². The lowest BCUT2D eigenvalue weighted by Crippen LogP contribution is -2.41. The minimum absolute atomic E-state index is 0.0227. The topological polar surface area (TPSA) is 61.5 Å². The Balaban J connectivity index is 2.43. The average molecular weight is 283 g/mol. The molecule has 1 aromatic carbocycles. The average Bonchev–Trinajstić information content (AvgIpc) is 2.42. The number of nitrogens with two attached hydrogens (primary N) is 1. The predicted molar refractivity (Wildman–Crippen MR) is 68.3 cm³/mol. The van der Waals surface area contributed by atoms with Gasteiger partial charge in [-0.05, 0) is 18.6 Å². The number of rotatable bonds is 3. The summed E-state index contributed by atoms with van der Waals surface area (Å²) >= 11 is 0. The van der Waals surface area contributed by atoms with Crippen molar-refractivity contribution in [3.05, 3.63) is 41.5 Å². The van der Waals surface area contributed by atoms with Crippen molar-refractivity contribution in [2.24, 2.45) is 5.73 Å². The zero-order valence-electron chi connectivity index (χ0n) is 11.0. The number of carbonyl (C=O) groups excluding carboxylic acids is 1. The molecule has 1 aliphatic heterocycles. The summed E-state index contributed by atoms with van der Waals surface area (Å²) in [5.74, 6) is -3.60. The molecule has 0 aliphatic carbocycles. The molecule has 2 atom stereocenters. The highest BCUT2D eigenvalue weighted by Crippen LogP contribution is 2.40. The highest BCUT2D eigenvalue weighted by Gasteiger charge is 2.36. The van der Waals surface area contributed by atoms with Crippen LogP contribution in [0.2, 0.25) is 0 Å². The highest BCUT2D eigenvalue weighted by molar-refractivity contribution is 5.78. The van der Waals surface area contributed by atoms with Gasteiger partial charge >= 0.3 is 5.97 Å². The van der Waals surface area contributed by atoms with Gasteiger partial charge in [0.05, 0.1) is 6.61 Å². The lowest BCUT2D eigenvalue weighted by Gasteiger charge is -2.31. The normalized spacial score (nSPS) is 19.0. The lowest BCUT2D eigenvalue weighted by molar-refractivity contribution is -0.145. The molecule has 0 aromatic heterocycles. The van der Waals surface area contributed by atoms with Gasteiger partial charge in [-0.3, -0.25) is 4.79 Å². The van der Waals surface area contributed by atoms with Crippen LogP contribution in [0, 0.1) is 11.6 Å². The molecule has 0 amide bonds. The maximum Gasteiger partial charge on any atom is 0.323 e. The number of carbonyl (C=O) groups is 1. The van der Waals surface area contributed by atoms with Crippen LogP contribution in [0.5, 0.6) is 5.75 Å². The molecule has 108 valence electrons. The summed E-state index contributed by atoms with van der Waals surface area (Å²) in [6.45, 7) is 5.61. The van der Waals surface area contributed by atoms with Gasteiger partial charge in [-0.1, -0.05) is 12.6 Å². The van der Waals surface area contributed by atoms with Gasteiger partial charge in [-0.15, -0.1) is 0 Å². The first-order chi connectivity index (χ1) is 9.47. The summed E-state index contributed by atoms with van der Waals surface area (Å²) in [7, 11) is 0. The number of esters is 1. The number of hydrogen-bond donors (Lipinski definition) is 1. The van der Waals surface area contributed by atoms with Gasteiger partial charge in [-0.2, -0.15) is 4.39 Å². The summed E-state index contributed by atoms with van der Waals surface area (Å²) in [6.07, 6.45) is 0. The second-order valence-corrected chi connectivity index (χ2v) is 4.48. The SMILES string of the molecule is C=C1COc2c(ccc(F)c2F)C1[C@H](N)C(=O)OCC. The van der Waals surface area contributed by atoms with Crippen molar-refractivity contribution in [1.82, 2.24) is 0 Å². The molecule has 2 rings (SSSR count). The minimum atomic E-state index is -1.09. The zero-order chi connectivity index (χ0) is 14.9. The fourth-order valence-corrected chi connectivity index (χ4v) is 2.24. The van der Waals surface area contributed by atoms with Gasteiger partial charge in [0, 0.05) is 11.5 Å². The van der Waals surface area contributed by atoms with E-state index < -0.39 is 29.6 Å². The van der Waals surface area contributed by atoms with E-state index in [0.717, 1.165) is 6.07 Å². The van der Waals surface area contributed by atoms with Crippen LogP contribution in [-0.2, 0) is 9.53 Å². The van der Waals surface area contributed by atoms with Gasteiger partial charge in [0.15, 0.2) is 11.6 Å². The molecule has 1 heterocycles. The van der Waals surface area contributed by atoms with Crippen LogP contribution in [-0.4, -0.2) is 25.2 Å². The first-order valence-electron chi connectivity index (χ1n) is 6.18. The Hall–Kier alpha value is -1.95. The van der Waals surface area contributed by atoms with E-state index >= 15 is 0 Å². The quantitative estimate of drug-likeness (QED) is 0.679. The lowest BCUT2D eigenvalue weighted by atomic mass is 9.84. The monoisotopic (exact) mass is 283 g/mol. The van der Waals surface area contributed by atoms with Crippen molar-refractivity contribution in [3.8, 4) is 5.75 Å². The molecule has 0 radical (unpaired) electrons. The predicted octanol–water partition coefficient (Wildman–Crippen LogP) is 1.89. The Morgan fingerprint density at radius 3 is 2.95 bits per heavy atom. The number of hydrogen-bond acceptors (Lipinski definition) is 4. The molecular formula is C14H15F2NO3. The summed E-state index contributed by atoms with van der Waals surface area (Å²) in [6, 6.07) is 1.29. The third-order valence-corrected chi connectivity index (χ3v) is 3.18. The molecule has 20 heavy (non-hydrogen) atoms. The Morgan fingerprint density at radius 1 is 1.60 bits per heavy atom. The van der Waals surface area contributed by atoms with Crippen LogP contribution in [0.1, 0.15) is 18.4 Å². The van der Waals surface area contributed by atoms with Crippen LogP contribution < -0.4 is 10.5 Å². The van der Waals surface area contributed by atoms with E-state index in [2.05, 4.69) is 6.58 Å². The van der Waals surface area contributed by atoms with Gasteiger partial charge in [0.1, 0.15) is 12.6 Å². The van der Waals surface area contributed by atoms with Crippen LogP contribution in [0.3, 0.4) is 0 Å². The second-order valence-electron chi connectivity index (χ2n) is 4.48. The zero-order valence-corrected chi connectivity index (χ0v) is 11.0. The third-order valence-electron chi connectivity index (χ3n) is 3.18. The molecule has 0 saturated carbocycles. The molecule has 2 N–H and O–H groups in total. The van der Waals surface area contributed by atoms with Crippen molar-refractivity contribution in [2.45, 2.75) is 18.9 Å². The van der Waals surface area contributed by atoms with E-state index in [4.69, 9.17) is 15.2 Å². The molecule has 0 saturated heterocycles. The van der Waals surface area contributed by atoms with E-state index in [1.807, 2.05) is 0 Å². The fourth-order valence-electron chi connectivity index (χ4n) is 2.24. The van der Waals surface area contributed by atoms with Crippen LogP contribution in [0.25, 0.3) is 0 Å². The fraction of sp³-hybridized carbons (Fsp3) is 0.357. The van der Waals surface area contributed by atoms with E-state index in [9.17, 15) is 13.6 Å². The Labute approximate surface area is 115 Å². The van der Waals surface area contributed by atoms with Crippen LogP contribution in [0.15, 0.2) is 24.3 Å². The first-order valence-corrected chi connectivity index (χ1v) is 6.18. The molecular weight excluding hydrogens is 268 g/mol. The summed E-state index contributed by atoms with van der Waals surface area (Å²) < 4.78 is 36.9. The second kappa shape index (κ2) is 5.58. The van der Waals surface area contributed by atoms with Gasteiger partial charge in [0.2, 0.25) is 5.82 Å². The number of ether oxygens (including phenoxy) is 2. The van der Waals surface area contributed by atoms with Gasteiger partial charge in [-0.25, -0.2) is 4.39 Å². The van der Waals surface area contributed by atoms with Crippen molar-refractivity contribution < 1.29 is 23.0 Å². The maximum atomic E-state index is 13.7. The van der Waals surface area contributed by atoms with Crippen molar-refractivity contribution in [2.75, 3.05) is 13.2 Å². The number of halogens is 2. The van der Waals surface area contributed by atoms with Gasteiger partial charge in [0.25, 0.3) is 0 Å². The minimum Gasteiger partial charge on any atom is -0.486 e. The molecule has 1 aromatic rings. The van der Waals surface area contributed by atoms with Crippen LogP contribution >= 0.6 is 0 Å². The highest BCUT2D eigenvalue weighted by atomic mass is 19.2. The molecule has 1 aliphatic rings. The molecule has 0 bridgehead atoms. The van der Waals surface area contributed by atoms with E-state index in [-0.39, 0.29) is 19.0 Å².